The van der Waals surface area contributed by atoms with Crippen molar-refractivity contribution in [2.75, 3.05) is 0 Å². The van der Waals surface area contributed by atoms with E-state index in [1.807, 2.05) is 24.3 Å². The van der Waals surface area contributed by atoms with Crippen LogP contribution in [0.15, 0.2) is 48.5 Å². The molecule has 0 aromatic heterocycles. The molecule has 15 heavy (non-hydrogen) atoms. The fraction of sp³-hybridized carbons (Fsp3) is 0.0769. The molecule has 0 fully saturated rings. The molecule has 0 saturated heterocycles. The summed E-state index contributed by atoms with van der Waals surface area (Å²) in [5.41, 5.74) is 2.54. The van der Waals surface area contributed by atoms with Crippen molar-refractivity contribution in [3.8, 4) is 11.5 Å². The van der Waals surface area contributed by atoms with Crippen molar-refractivity contribution >= 4 is 0 Å². The molecule has 3 rings (SSSR count). The molecule has 2 aromatic carbocycles. The normalized spacial score (nSPS) is 11.7. The molecule has 2 aromatic rings. The second-order valence-electron chi connectivity index (χ2n) is 3.49. The summed E-state index contributed by atoms with van der Waals surface area (Å²) in [7, 11) is 0. The minimum Gasteiger partial charge on any atom is -0.457 e. The van der Waals surface area contributed by atoms with Crippen LogP contribution in [0, 0.1) is 0 Å². The van der Waals surface area contributed by atoms with Gasteiger partial charge in [-0.1, -0.05) is 36.4 Å². The van der Waals surface area contributed by atoms with Gasteiger partial charge in [0.25, 0.3) is 0 Å². The molecule has 78 valence electrons. The Morgan fingerprint density at radius 3 is 1.73 bits per heavy atom. The molecule has 2 heteroatoms. The van der Waals surface area contributed by atoms with Gasteiger partial charge in [0.05, 0.1) is 0 Å². The minimum absolute atomic E-state index is 0. The van der Waals surface area contributed by atoms with Crippen molar-refractivity contribution in [1.29, 1.82) is 0 Å². The van der Waals surface area contributed by atoms with Gasteiger partial charge in [0.15, 0.2) is 0 Å². The van der Waals surface area contributed by atoms with Gasteiger partial charge >= 0.3 is 0 Å². The van der Waals surface area contributed by atoms with E-state index in [4.69, 9.17) is 4.74 Å². The molecule has 0 saturated carbocycles. The van der Waals surface area contributed by atoms with Gasteiger partial charge in [-0.05, 0) is 23.3 Å². The number of hydrogen-bond donors (Lipinski definition) is 0. The third-order valence-electron chi connectivity index (χ3n) is 2.55. The molecular formula is C13H10OPd. The Hall–Kier alpha value is -1.10. The summed E-state index contributed by atoms with van der Waals surface area (Å²) in [6.45, 7) is 0. The van der Waals surface area contributed by atoms with E-state index in [-0.39, 0.29) is 20.4 Å². The maximum Gasteiger partial charge on any atom is 0.130 e. The minimum atomic E-state index is 0. The van der Waals surface area contributed by atoms with E-state index in [1.165, 1.54) is 11.1 Å². The van der Waals surface area contributed by atoms with Crippen molar-refractivity contribution < 1.29 is 25.2 Å². The molecule has 1 heterocycles. The summed E-state index contributed by atoms with van der Waals surface area (Å²) < 4.78 is 5.78. The zero-order valence-corrected chi connectivity index (χ0v) is 9.60. The average Bonchev–Trinajstić information content (AvgIpc) is 2.26. The molecule has 0 atom stereocenters. The van der Waals surface area contributed by atoms with Gasteiger partial charge < -0.3 is 4.74 Å². The van der Waals surface area contributed by atoms with Crippen LogP contribution in [0.3, 0.4) is 0 Å². The first-order valence-corrected chi connectivity index (χ1v) is 4.77. The summed E-state index contributed by atoms with van der Waals surface area (Å²) in [6, 6.07) is 16.4. The Morgan fingerprint density at radius 1 is 0.733 bits per heavy atom. The van der Waals surface area contributed by atoms with Crippen LogP contribution in [0.4, 0.5) is 0 Å². The molecule has 1 nitrogen and oxygen atoms in total. The van der Waals surface area contributed by atoms with E-state index >= 15 is 0 Å². The topological polar surface area (TPSA) is 9.23 Å². The first-order valence-electron chi connectivity index (χ1n) is 4.77. The fourth-order valence-corrected chi connectivity index (χ4v) is 1.82. The third kappa shape index (κ3) is 1.84. The molecule has 0 amide bonds. The number of ether oxygens (including phenoxy) is 1. The van der Waals surface area contributed by atoms with E-state index in [2.05, 4.69) is 24.3 Å². The number of hydrogen-bond acceptors (Lipinski definition) is 1. The van der Waals surface area contributed by atoms with E-state index in [0.717, 1.165) is 17.9 Å². The van der Waals surface area contributed by atoms with E-state index in [1.54, 1.807) is 0 Å². The first-order chi connectivity index (χ1) is 6.93. The second-order valence-corrected chi connectivity index (χ2v) is 3.49. The van der Waals surface area contributed by atoms with Gasteiger partial charge in [0.1, 0.15) is 11.5 Å². The fourth-order valence-electron chi connectivity index (χ4n) is 1.82. The molecule has 1 aliphatic rings. The molecule has 1 aliphatic heterocycles. The van der Waals surface area contributed by atoms with Gasteiger partial charge in [-0.15, -0.1) is 0 Å². The Bertz CT molecular complexity index is 392. The van der Waals surface area contributed by atoms with Crippen LogP contribution >= 0.6 is 0 Å². The standard InChI is InChI=1S/C13H10O.Pd/c1-3-7-12-10(5-1)9-11-6-2-4-8-13(11)14-12;/h1-8H,9H2;. The van der Waals surface area contributed by atoms with Crippen molar-refractivity contribution in [3.63, 3.8) is 0 Å². The van der Waals surface area contributed by atoms with Crippen molar-refractivity contribution in [1.82, 2.24) is 0 Å². The first kappa shape index (κ1) is 10.4. The van der Waals surface area contributed by atoms with E-state index in [9.17, 15) is 0 Å². The number of benzene rings is 2. The summed E-state index contributed by atoms with van der Waals surface area (Å²) in [6.07, 6.45) is 0.979. The summed E-state index contributed by atoms with van der Waals surface area (Å²) in [5.74, 6) is 1.98. The maximum absolute atomic E-state index is 5.78. The Balaban J connectivity index is 0.000000853. The Morgan fingerprint density at radius 2 is 1.20 bits per heavy atom. The van der Waals surface area contributed by atoms with Gasteiger partial charge in [0.2, 0.25) is 0 Å². The third-order valence-corrected chi connectivity index (χ3v) is 2.55. The predicted octanol–water partition coefficient (Wildman–Crippen LogP) is 3.38. The smallest absolute Gasteiger partial charge is 0.130 e. The molecule has 0 N–H and O–H groups in total. The monoisotopic (exact) mass is 288 g/mol. The van der Waals surface area contributed by atoms with Crippen LogP contribution in [-0.4, -0.2) is 0 Å². The number of rotatable bonds is 0. The molecule has 0 bridgehead atoms. The van der Waals surface area contributed by atoms with E-state index in [0.29, 0.717) is 0 Å². The van der Waals surface area contributed by atoms with Crippen LogP contribution in [-0.2, 0) is 26.8 Å². The SMILES string of the molecule is [Pd].c1ccc2c(c1)Cc1ccccc1O2. The summed E-state index contributed by atoms with van der Waals surface area (Å²) in [4.78, 5) is 0. The van der Waals surface area contributed by atoms with E-state index < -0.39 is 0 Å². The zero-order chi connectivity index (χ0) is 9.38. The molecule has 0 aliphatic carbocycles. The summed E-state index contributed by atoms with van der Waals surface area (Å²) in [5, 5.41) is 0. The Kier molecular flexibility index (Phi) is 2.91. The van der Waals surface area contributed by atoms with Crippen LogP contribution < -0.4 is 4.74 Å². The molecule has 0 spiro atoms. The van der Waals surface area contributed by atoms with Gasteiger partial charge in [0, 0.05) is 26.8 Å². The van der Waals surface area contributed by atoms with Crippen molar-refractivity contribution in [2.24, 2.45) is 0 Å². The average molecular weight is 289 g/mol. The van der Waals surface area contributed by atoms with Crippen LogP contribution in [0.1, 0.15) is 11.1 Å². The van der Waals surface area contributed by atoms with Crippen molar-refractivity contribution in [2.45, 2.75) is 6.42 Å². The summed E-state index contributed by atoms with van der Waals surface area (Å²) >= 11 is 0. The zero-order valence-electron chi connectivity index (χ0n) is 8.05. The predicted molar refractivity (Wildman–Crippen MR) is 55.8 cm³/mol. The molecule has 0 unspecified atom stereocenters. The number of para-hydroxylation sites is 2. The Labute approximate surface area is 103 Å². The van der Waals surface area contributed by atoms with Gasteiger partial charge in [-0.3, -0.25) is 0 Å². The molecule has 0 radical (unpaired) electrons. The van der Waals surface area contributed by atoms with Gasteiger partial charge in [-0.25, -0.2) is 0 Å². The largest absolute Gasteiger partial charge is 0.457 e. The molecular weight excluding hydrogens is 279 g/mol. The van der Waals surface area contributed by atoms with Crippen LogP contribution in [0.2, 0.25) is 0 Å². The second kappa shape index (κ2) is 4.18. The van der Waals surface area contributed by atoms with Crippen LogP contribution in [0.5, 0.6) is 11.5 Å². The van der Waals surface area contributed by atoms with Crippen LogP contribution in [0.25, 0.3) is 0 Å². The maximum atomic E-state index is 5.78. The quantitative estimate of drug-likeness (QED) is 0.576. The van der Waals surface area contributed by atoms with Gasteiger partial charge in [-0.2, -0.15) is 0 Å². The van der Waals surface area contributed by atoms with Crippen molar-refractivity contribution in [3.05, 3.63) is 59.7 Å². The number of fused-ring (bicyclic) bond motifs is 2.